The third-order valence-corrected chi connectivity index (χ3v) is 6.75. The maximum atomic E-state index is 12.4. The minimum Gasteiger partial charge on any atom is -0.382 e. The van der Waals surface area contributed by atoms with E-state index in [1.165, 1.54) is 5.56 Å². The van der Waals surface area contributed by atoms with E-state index in [1.807, 2.05) is 36.4 Å². The monoisotopic (exact) mass is 508 g/mol. The van der Waals surface area contributed by atoms with Crippen molar-refractivity contribution in [2.75, 3.05) is 46.7 Å². The molecule has 0 spiro atoms. The van der Waals surface area contributed by atoms with E-state index in [0.717, 1.165) is 36.8 Å². The number of ether oxygens (including phenoxy) is 3. The molecular weight excluding hydrogens is 472 g/mol. The summed E-state index contributed by atoms with van der Waals surface area (Å²) < 4.78 is 42.9. The van der Waals surface area contributed by atoms with Gasteiger partial charge in [-0.15, -0.1) is 0 Å². The van der Waals surface area contributed by atoms with Gasteiger partial charge in [-0.1, -0.05) is 36.4 Å². The van der Waals surface area contributed by atoms with Crippen LogP contribution >= 0.6 is 0 Å². The summed E-state index contributed by atoms with van der Waals surface area (Å²) in [5.74, 6) is -0.433. The topological polar surface area (TPSA) is 123 Å². The Balaban J connectivity index is 1.64. The van der Waals surface area contributed by atoms with Crippen LogP contribution in [-0.4, -0.2) is 66.2 Å². The lowest BCUT2D eigenvalue weighted by Crippen LogP contribution is -2.27. The van der Waals surface area contributed by atoms with Crippen LogP contribution in [0.2, 0.25) is 0 Å². The molecule has 2 aromatic rings. The molecule has 2 rings (SSSR count). The maximum Gasteiger partial charge on any atom is 0.247 e. The quantitative estimate of drug-likeness (QED) is 0.160. The van der Waals surface area contributed by atoms with Crippen LogP contribution in [0.3, 0.4) is 0 Å². The van der Waals surface area contributed by atoms with Gasteiger partial charge < -0.3 is 14.2 Å². The summed E-state index contributed by atoms with van der Waals surface area (Å²) in [6.07, 6.45) is 3.91. The number of rotatable bonds is 18. The fourth-order valence-corrected chi connectivity index (χ4v) is 4.35. The largest absolute Gasteiger partial charge is 0.382 e. The van der Waals surface area contributed by atoms with Gasteiger partial charge in [0.05, 0.1) is 44.4 Å². The Bertz CT molecular complexity index is 964. The summed E-state index contributed by atoms with van der Waals surface area (Å²) >= 11 is 0. The summed E-state index contributed by atoms with van der Waals surface area (Å²) in [5.41, 5.74) is 4.76. The van der Waals surface area contributed by atoms with Gasteiger partial charge >= 0.3 is 0 Å². The van der Waals surface area contributed by atoms with Gasteiger partial charge in [0.1, 0.15) is 0 Å². The summed E-state index contributed by atoms with van der Waals surface area (Å²) in [4.78, 5) is 11.4. The molecule has 9 nitrogen and oxygen atoms in total. The highest BCUT2D eigenvalue weighted by Gasteiger charge is 2.13. The van der Waals surface area contributed by atoms with Crippen molar-refractivity contribution in [3.63, 3.8) is 0 Å². The number of methoxy groups -OCH3 is 1. The molecule has 0 radical (unpaired) electrons. The van der Waals surface area contributed by atoms with Crippen LogP contribution in [0.25, 0.3) is 0 Å². The number of unbranched alkanes of at least 4 members (excludes halogenated alkanes) is 1. The normalized spacial score (nSPS) is 11.5. The van der Waals surface area contributed by atoms with E-state index in [2.05, 4.69) is 4.72 Å². The van der Waals surface area contributed by atoms with E-state index in [-0.39, 0.29) is 24.5 Å². The zero-order valence-corrected chi connectivity index (χ0v) is 21.0. The second-order valence-electron chi connectivity index (χ2n) is 7.99. The molecule has 0 saturated carbocycles. The van der Waals surface area contributed by atoms with Crippen LogP contribution in [-0.2, 0) is 48.3 Å². The molecule has 0 fully saturated rings. The first-order chi connectivity index (χ1) is 16.9. The molecule has 0 unspecified atom stereocenters. The van der Waals surface area contributed by atoms with Gasteiger partial charge in [-0.25, -0.2) is 18.6 Å². The Labute approximate surface area is 207 Å². The maximum absolute atomic E-state index is 12.4. The molecule has 0 aliphatic carbocycles. The molecule has 3 N–H and O–H groups in total. The second kappa shape index (κ2) is 16.4. The average molecular weight is 509 g/mol. The summed E-state index contributed by atoms with van der Waals surface area (Å²) in [5, 5.41) is 8.59. The third kappa shape index (κ3) is 11.8. The molecule has 194 valence electrons. The molecule has 1 amide bonds. The van der Waals surface area contributed by atoms with E-state index < -0.39 is 15.9 Å². The van der Waals surface area contributed by atoms with Crippen LogP contribution in [0.4, 0.5) is 0 Å². The first kappa shape index (κ1) is 28.9. The molecule has 0 bridgehead atoms. The van der Waals surface area contributed by atoms with Crippen LogP contribution in [0.1, 0.15) is 29.5 Å². The predicted octanol–water partition coefficient (Wildman–Crippen LogP) is 2.26. The number of nitrogens with one attached hydrogen (secondary N) is 2. The highest BCUT2D eigenvalue weighted by atomic mass is 32.2. The van der Waals surface area contributed by atoms with Crippen molar-refractivity contribution < 1.29 is 32.6 Å². The smallest absolute Gasteiger partial charge is 0.247 e. The molecule has 0 atom stereocenters. The highest BCUT2D eigenvalue weighted by molar-refractivity contribution is 7.89. The zero-order valence-electron chi connectivity index (χ0n) is 20.2. The minimum absolute atomic E-state index is 0.150. The van der Waals surface area contributed by atoms with Crippen molar-refractivity contribution in [2.24, 2.45) is 0 Å². The molecule has 0 saturated heterocycles. The van der Waals surface area contributed by atoms with Gasteiger partial charge in [-0.2, -0.15) is 0 Å². The molecule has 35 heavy (non-hydrogen) atoms. The Hall–Kier alpha value is -2.34. The summed E-state index contributed by atoms with van der Waals surface area (Å²) in [6.45, 7) is 2.34. The Morgan fingerprint density at radius 1 is 0.800 bits per heavy atom. The number of hydrogen-bond acceptors (Lipinski definition) is 7. The van der Waals surface area contributed by atoms with Crippen LogP contribution in [0.15, 0.2) is 53.4 Å². The van der Waals surface area contributed by atoms with E-state index >= 15 is 0 Å². The number of benzene rings is 2. The summed E-state index contributed by atoms with van der Waals surface area (Å²) in [7, 11) is -1.97. The zero-order chi connectivity index (χ0) is 25.4. The standard InChI is InChI=1S/C25H36N2O7S/c1-32-16-17-34-19-18-33-15-14-26-35(30,31)24-12-10-22(11-13-24)5-3-2-4-21-6-8-23(9-7-21)20-25(28)27-29/h6-13,26,29H,2-5,14-20H2,1H3,(H,27,28). The second-order valence-corrected chi connectivity index (χ2v) is 9.76. The Morgan fingerprint density at radius 2 is 1.31 bits per heavy atom. The SMILES string of the molecule is COCCOCCOCCNS(=O)(=O)c1ccc(CCCCc2ccc(CC(=O)NO)cc2)cc1. The molecule has 10 heteroatoms. The Kier molecular flexibility index (Phi) is 13.5. The molecule has 2 aromatic carbocycles. The lowest BCUT2D eigenvalue weighted by Gasteiger charge is -2.09. The minimum atomic E-state index is -3.57. The van der Waals surface area contributed by atoms with Gasteiger partial charge in [-0.05, 0) is 54.5 Å². The Morgan fingerprint density at radius 3 is 1.89 bits per heavy atom. The third-order valence-electron chi connectivity index (χ3n) is 5.27. The predicted molar refractivity (Wildman–Crippen MR) is 132 cm³/mol. The van der Waals surface area contributed by atoms with Crippen molar-refractivity contribution in [1.29, 1.82) is 0 Å². The number of carbonyl (C=O) groups is 1. The van der Waals surface area contributed by atoms with Crippen molar-refractivity contribution in [2.45, 2.75) is 37.0 Å². The van der Waals surface area contributed by atoms with Crippen LogP contribution < -0.4 is 10.2 Å². The molecule has 0 aromatic heterocycles. The first-order valence-electron chi connectivity index (χ1n) is 11.7. The van der Waals surface area contributed by atoms with Gasteiger partial charge in [0, 0.05) is 13.7 Å². The molecule has 0 aliphatic heterocycles. The number of aryl methyl sites for hydroxylation is 2. The van der Waals surface area contributed by atoms with E-state index in [9.17, 15) is 13.2 Å². The van der Waals surface area contributed by atoms with E-state index in [4.69, 9.17) is 19.4 Å². The number of sulfonamides is 1. The van der Waals surface area contributed by atoms with Crippen LogP contribution in [0.5, 0.6) is 0 Å². The summed E-state index contributed by atoms with van der Waals surface area (Å²) in [6, 6.07) is 14.7. The average Bonchev–Trinajstić information content (AvgIpc) is 2.86. The van der Waals surface area contributed by atoms with Gasteiger partial charge in [0.15, 0.2) is 0 Å². The first-order valence-corrected chi connectivity index (χ1v) is 13.2. The lowest BCUT2D eigenvalue weighted by atomic mass is 10.0. The van der Waals surface area contributed by atoms with Crippen molar-refractivity contribution in [3.05, 3.63) is 65.2 Å². The van der Waals surface area contributed by atoms with Gasteiger partial charge in [0.25, 0.3) is 0 Å². The fourth-order valence-electron chi connectivity index (χ4n) is 3.34. The van der Waals surface area contributed by atoms with E-state index in [0.29, 0.717) is 26.4 Å². The van der Waals surface area contributed by atoms with Gasteiger partial charge in [-0.3, -0.25) is 10.0 Å². The van der Waals surface area contributed by atoms with Crippen molar-refractivity contribution in [1.82, 2.24) is 10.2 Å². The van der Waals surface area contributed by atoms with Crippen molar-refractivity contribution >= 4 is 15.9 Å². The van der Waals surface area contributed by atoms with Crippen LogP contribution in [0, 0.1) is 0 Å². The molecular formula is C25H36N2O7S. The number of amides is 1. The molecule has 0 heterocycles. The lowest BCUT2D eigenvalue weighted by molar-refractivity contribution is -0.128. The van der Waals surface area contributed by atoms with Crippen molar-refractivity contribution in [3.8, 4) is 0 Å². The van der Waals surface area contributed by atoms with E-state index in [1.54, 1.807) is 24.7 Å². The molecule has 0 aliphatic rings. The number of hydroxylamine groups is 1. The highest BCUT2D eigenvalue weighted by Crippen LogP contribution is 2.14. The number of hydrogen-bond donors (Lipinski definition) is 3. The number of carbonyl (C=O) groups excluding carboxylic acids is 1. The van der Waals surface area contributed by atoms with Gasteiger partial charge in [0.2, 0.25) is 15.9 Å². The fraction of sp³-hybridized carbons (Fsp3) is 0.480.